The fourth-order valence-corrected chi connectivity index (χ4v) is 1.83. The van der Waals surface area contributed by atoms with E-state index in [-0.39, 0.29) is 6.10 Å². The maximum atomic E-state index is 9.34. The van der Waals surface area contributed by atoms with Crippen molar-refractivity contribution in [2.45, 2.75) is 18.9 Å². The summed E-state index contributed by atoms with van der Waals surface area (Å²) in [4.78, 5) is 6.56. The average molecular weight is 192 g/mol. The Hall–Kier alpha value is -0.930. The summed E-state index contributed by atoms with van der Waals surface area (Å²) in [5.41, 5.74) is 1.13. The molecule has 2 rings (SSSR count). The fourth-order valence-electron chi connectivity index (χ4n) is 1.83. The van der Waals surface area contributed by atoms with Crippen LogP contribution in [0.15, 0.2) is 24.4 Å². The molecule has 0 radical (unpaired) electrons. The maximum absolute atomic E-state index is 9.34. The summed E-state index contributed by atoms with van der Waals surface area (Å²) >= 11 is 0. The number of likely N-dealkylation sites (tertiary alicyclic amines) is 1. The Morgan fingerprint density at radius 1 is 1.50 bits per heavy atom. The molecule has 76 valence electrons. The number of hydrogen-bond donors (Lipinski definition) is 1. The molecule has 1 saturated heterocycles. The predicted molar refractivity (Wildman–Crippen MR) is 55.0 cm³/mol. The molecule has 0 aliphatic carbocycles. The molecule has 0 spiro atoms. The van der Waals surface area contributed by atoms with Gasteiger partial charge in [0.2, 0.25) is 0 Å². The van der Waals surface area contributed by atoms with Gasteiger partial charge >= 0.3 is 0 Å². The molecular weight excluding hydrogens is 176 g/mol. The molecule has 1 atom stereocenters. The summed E-state index contributed by atoms with van der Waals surface area (Å²) in [6.07, 6.45) is 3.61. The second-order valence-corrected chi connectivity index (χ2v) is 3.81. The van der Waals surface area contributed by atoms with Gasteiger partial charge in [-0.25, -0.2) is 0 Å². The Bertz CT molecular complexity index is 276. The highest BCUT2D eigenvalue weighted by Crippen LogP contribution is 2.09. The number of rotatable bonds is 3. The van der Waals surface area contributed by atoms with Gasteiger partial charge in [0.05, 0.1) is 6.10 Å². The first-order chi connectivity index (χ1) is 6.84. The zero-order valence-electron chi connectivity index (χ0n) is 8.26. The minimum atomic E-state index is -0.112. The first-order valence-corrected chi connectivity index (χ1v) is 5.15. The Morgan fingerprint density at radius 2 is 2.43 bits per heavy atom. The van der Waals surface area contributed by atoms with Crippen molar-refractivity contribution in [3.05, 3.63) is 30.1 Å². The molecule has 1 fully saturated rings. The van der Waals surface area contributed by atoms with Crippen LogP contribution in [0.5, 0.6) is 0 Å². The van der Waals surface area contributed by atoms with Crippen LogP contribution in [0, 0.1) is 0 Å². The molecule has 0 bridgehead atoms. The number of β-amino-alcohol motifs (C(OH)–C–C–N with tert-alkyl or cyclic N) is 1. The topological polar surface area (TPSA) is 36.4 Å². The normalized spacial score (nSPS) is 22.8. The van der Waals surface area contributed by atoms with Crippen molar-refractivity contribution >= 4 is 0 Å². The fraction of sp³-hybridized carbons (Fsp3) is 0.545. The van der Waals surface area contributed by atoms with Crippen LogP contribution < -0.4 is 0 Å². The first kappa shape index (κ1) is 9.62. The minimum Gasteiger partial charge on any atom is -0.392 e. The van der Waals surface area contributed by atoms with Crippen LogP contribution in [0.25, 0.3) is 0 Å². The van der Waals surface area contributed by atoms with E-state index in [9.17, 15) is 5.11 Å². The van der Waals surface area contributed by atoms with E-state index in [1.807, 2.05) is 24.4 Å². The average Bonchev–Trinajstić information content (AvgIpc) is 2.63. The van der Waals surface area contributed by atoms with Gasteiger partial charge in [-0.2, -0.15) is 0 Å². The molecule has 14 heavy (non-hydrogen) atoms. The van der Waals surface area contributed by atoms with E-state index >= 15 is 0 Å². The predicted octanol–water partition coefficient (Wildman–Crippen LogP) is 0.691. The summed E-state index contributed by atoms with van der Waals surface area (Å²) in [6.45, 7) is 2.86. The highest BCUT2D eigenvalue weighted by Gasteiger charge is 2.19. The standard InChI is InChI=1S/C11H16N2O/c14-11-5-8-13(9-11)7-4-10-3-1-2-6-12-10/h1-3,6,11,14H,4-5,7-9H2/t11-/m1/s1. The van der Waals surface area contributed by atoms with Crippen LogP contribution in [0.2, 0.25) is 0 Å². The summed E-state index contributed by atoms with van der Waals surface area (Å²) in [5, 5.41) is 9.34. The molecule has 0 unspecified atom stereocenters. The van der Waals surface area contributed by atoms with Crippen molar-refractivity contribution in [2.75, 3.05) is 19.6 Å². The molecule has 0 aromatic carbocycles. The summed E-state index contributed by atoms with van der Waals surface area (Å²) in [6, 6.07) is 6.00. The monoisotopic (exact) mass is 192 g/mol. The third kappa shape index (κ3) is 2.53. The first-order valence-electron chi connectivity index (χ1n) is 5.15. The van der Waals surface area contributed by atoms with Crippen molar-refractivity contribution in [2.24, 2.45) is 0 Å². The number of pyridine rings is 1. The largest absolute Gasteiger partial charge is 0.392 e. The quantitative estimate of drug-likeness (QED) is 0.765. The molecule has 3 heteroatoms. The molecule has 1 aliphatic heterocycles. The Labute approximate surface area is 84.4 Å². The van der Waals surface area contributed by atoms with Gasteiger partial charge in [-0.15, -0.1) is 0 Å². The van der Waals surface area contributed by atoms with Gasteiger partial charge in [-0.05, 0) is 18.6 Å². The molecular formula is C11H16N2O. The van der Waals surface area contributed by atoms with Crippen molar-refractivity contribution in [1.29, 1.82) is 0 Å². The van der Waals surface area contributed by atoms with E-state index in [0.717, 1.165) is 38.2 Å². The van der Waals surface area contributed by atoms with Crippen LogP contribution in [-0.2, 0) is 6.42 Å². The smallest absolute Gasteiger partial charge is 0.0679 e. The van der Waals surface area contributed by atoms with Crippen LogP contribution in [0.4, 0.5) is 0 Å². The Morgan fingerprint density at radius 3 is 3.07 bits per heavy atom. The summed E-state index contributed by atoms with van der Waals surface area (Å²) in [5.74, 6) is 0. The molecule has 3 nitrogen and oxygen atoms in total. The SMILES string of the molecule is O[C@@H]1CCN(CCc2ccccn2)C1. The molecule has 2 heterocycles. The zero-order valence-corrected chi connectivity index (χ0v) is 8.26. The molecule has 0 saturated carbocycles. The van der Waals surface area contributed by atoms with E-state index in [4.69, 9.17) is 0 Å². The Kier molecular flexibility index (Phi) is 3.11. The van der Waals surface area contributed by atoms with Crippen molar-refractivity contribution in [3.63, 3.8) is 0 Å². The minimum absolute atomic E-state index is 0.112. The lowest BCUT2D eigenvalue weighted by atomic mass is 10.2. The van der Waals surface area contributed by atoms with Gasteiger partial charge in [-0.3, -0.25) is 4.98 Å². The van der Waals surface area contributed by atoms with Crippen LogP contribution in [0.3, 0.4) is 0 Å². The molecule has 0 amide bonds. The van der Waals surface area contributed by atoms with Crippen LogP contribution in [0.1, 0.15) is 12.1 Å². The van der Waals surface area contributed by atoms with E-state index < -0.39 is 0 Å². The molecule has 1 aromatic heterocycles. The van der Waals surface area contributed by atoms with Gasteiger partial charge in [0.1, 0.15) is 0 Å². The third-order valence-corrected chi connectivity index (χ3v) is 2.66. The van der Waals surface area contributed by atoms with E-state index in [1.165, 1.54) is 0 Å². The van der Waals surface area contributed by atoms with E-state index in [1.54, 1.807) is 0 Å². The second kappa shape index (κ2) is 4.53. The number of aromatic nitrogens is 1. The van der Waals surface area contributed by atoms with E-state index in [0.29, 0.717) is 0 Å². The summed E-state index contributed by atoms with van der Waals surface area (Å²) < 4.78 is 0. The van der Waals surface area contributed by atoms with Gasteiger partial charge in [0.25, 0.3) is 0 Å². The second-order valence-electron chi connectivity index (χ2n) is 3.81. The number of aliphatic hydroxyl groups is 1. The highest BCUT2D eigenvalue weighted by molar-refractivity contribution is 5.03. The molecule has 1 N–H and O–H groups in total. The van der Waals surface area contributed by atoms with Gasteiger partial charge in [0, 0.05) is 37.9 Å². The Balaban J connectivity index is 1.78. The van der Waals surface area contributed by atoms with Gasteiger partial charge < -0.3 is 10.0 Å². The molecule has 1 aliphatic rings. The lowest BCUT2D eigenvalue weighted by Gasteiger charge is -2.13. The van der Waals surface area contributed by atoms with Gasteiger partial charge in [0.15, 0.2) is 0 Å². The van der Waals surface area contributed by atoms with Crippen molar-refractivity contribution < 1.29 is 5.11 Å². The number of nitrogens with zero attached hydrogens (tertiary/aromatic N) is 2. The third-order valence-electron chi connectivity index (χ3n) is 2.66. The maximum Gasteiger partial charge on any atom is 0.0679 e. The number of aliphatic hydroxyl groups excluding tert-OH is 1. The van der Waals surface area contributed by atoms with Crippen molar-refractivity contribution in [1.82, 2.24) is 9.88 Å². The number of hydrogen-bond acceptors (Lipinski definition) is 3. The van der Waals surface area contributed by atoms with Crippen molar-refractivity contribution in [3.8, 4) is 0 Å². The van der Waals surface area contributed by atoms with Crippen LogP contribution in [-0.4, -0.2) is 40.7 Å². The zero-order chi connectivity index (χ0) is 9.80. The lowest BCUT2D eigenvalue weighted by Crippen LogP contribution is -2.24. The van der Waals surface area contributed by atoms with E-state index in [2.05, 4.69) is 9.88 Å². The molecule has 1 aromatic rings. The highest BCUT2D eigenvalue weighted by atomic mass is 16.3. The van der Waals surface area contributed by atoms with Gasteiger partial charge in [-0.1, -0.05) is 6.07 Å². The summed E-state index contributed by atoms with van der Waals surface area (Å²) in [7, 11) is 0. The van der Waals surface area contributed by atoms with Crippen LogP contribution >= 0.6 is 0 Å². The lowest BCUT2D eigenvalue weighted by molar-refractivity contribution is 0.176.